The van der Waals surface area contributed by atoms with Gasteiger partial charge in [-0.1, -0.05) is 44.0 Å². The Hall–Kier alpha value is -2.18. The second-order valence-corrected chi connectivity index (χ2v) is 7.06. The number of hydrogen-bond acceptors (Lipinski definition) is 5. The van der Waals surface area contributed by atoms with Gasteiger partial charge in [-0.05, 0) is 30.0 Å². The van der Waals surface area contributed by atoms with E-state index in [1.54, 1.807) is 25.1 Å². The zero-order chi connectivity index (χ0) is 20.1. The van der Waals surface area contributed by atoms with Gasteiger partial charge in [-0.3, -0.25) is 9.79 Å². The summed E-state index contributed by atoms with van der Waals surface area (Å²) >= 11 is 12.6. The summed E-state index contributed by atoms with van der Waals surface area (Å²) in [4.78, 5) is 31.1. The van der Waals surface area contributed by atoms with Gasteiger partial charge in [0, 0.05) is 11.6 Å². The van der Waals surface area contributed by atoms with Crippen LogP contribution in [0.3, 0.4) is 0 Å². The number of carboxylic acids is 1. The third-order valence-corrected chi connectivity index (χ3v) is 4.46. The van der Waals surface area contributed by atoms with E-state index < -0.39 is 5.97 Å². The van der Waals surface area contributed by atoms with E-state index in [1.807, 2.05) is 13.8 Å². The monoisotopic (exact) mass is 410 g/mol. The van der Waals surface area contributed by atoms with Gasteiger partial charge in [0.25, 0.3) is 0 Å². The van der Waals surface area contributed by atoms with Gasteiger partial charge in [0.1, 0.15) is 12.3 Å². The lowest BCUT2D eigenvalue weighted by atomic mass is 9.97. The van der Waals surface area contributed by atoms with Crippen molar-refractivity contribution >= 4 is 46.6 Å². The number of ketones is 1. The smallest absolute Gasteiger partial charge is 0.349 e. The highest BCUT2D eigenvalue weighted by atomic mass is 35.5. The molecule has 2 rings (SSSR count). The standard InChI is InChI=1S/C19H20Cl2N2O4/c1-4-15(19(25)26)22-8-11-5-13(20)18(14(21)6-11)27-17-7-12(10(2)3)16(24)9-23-17/h5-7,10H,4,8-9H2,1-3H3,(H,25,26). The predicted octanol–water partition coefficient (Wildman–Crippen LogP) is 4.37. The molecule has 6 nitrogen and oxygen atoms in total. The maximum absolute atomic E-state index is 11.9. The van der Waals surface area contributed by atoms with Crippen molar-refractivity contribution in [3.63, 3.8) is 0 Å². The lowest BCUT2D eigenvalue weighted by molar-refractivity contribution is -0.129. The van der Waals surface area contributed by atoms with Crippen molar-refractivity contribution in [1.29, 1.82) is 0 Å². The molecule has 8 heteroatoms. The summed E-state index contributed by atoms with van der Waals surface area (Å²) in [6, 6.07) is 3.23. The topological polar surface area (TPSA) is 88.3 Å². The van der Waals surface area contributed by atoms with Crippen molar-refractivity contribution in [2.75, 3.05) is 6.54 Å². The minimum absolute atomic E-state index is 0.0242. The van der Waals surface area contributed by atoms with Crippen molar-refractivity contribution < 1.29 is 19.4 Å². The van der Waals surface area contributed by atoms with Gasteiger partial charge in [-0.2, -0.15) is 0 Å². The van der Waals surface area contributed by atoms with Crippen LogP contribution in [0.5, 0.6) is 5.75 Å². The Kier molecular flexibility index (Phi) is 7.16. The Morgan fingerprint density at radius 1 is 1.33 bits per heavy atom. The third-order valence-electron chi connectivity index (χ3n) is 3.90. The summed E-state index contributed by atoms with van der Waals surface area (Å²) < 4.78 is 5.71. The van der Waals surface area contributed by atoms with Gasteiger partial charge < -0.3 is 9.84 Å². The summed E-state index contributed by atoms with van der Waals surface area (Å²) in [5.41, 5.74) is 1.37. The van der Waals surface area contributed by atoms with E-state index in [2.05, 4.69) is 9.98 Å². The zero-order valence-corrected chi connectivity index (χ0v) is 16.8. The number of nitrogens with zero attached hydrogens (tertiary/aromatic N) is 2. The summed E-state index contributed by atoms with van der Waals surface area (Å²) in [7, 11) is 0. The highest BCUT2D eigenvalue weighted by Gasteiger charge is 2.21. The molecule has 27 heavy (non-hydrogen) atoms. The average molecular weight is 411 g/mol. The molecule has 144 valence electrons. The molecule has 0 atom stereocenters. The van der Waals surface area contributed by atoms with Crippen LogP contribution >= 0.6 is 23.2 Å². The number of Topliss-reactive ketones (excluding diaryl/α,β-unsaturated/α-hetero) is 1. The molecule has 0 bridgehead atoms. The number of carbonyl (C=O) groups excluding carboxylic acids is 1. The van der Waals surface area contributed by atoms with E-state index in [0.29, 0.717) is 17.6 Å². The number of halogens is 2. The number of aliphatic carboxylic acids is 1. The third kappa shape index (κ3) is 5.40. The van der Waals surface area contributed by atoms with Crippen LogP contribution in [0.15, 0.2) is 33.8 Å². The number of carboxylic acid groups (broad SMARTS) is 1. The number of benzene rings is 1. The fourth-order valence-corrected chi connectivity index (χ4v) is 3.08. The second-order valence-electron chi connectivity index (χ2n) is 6.24. The molecule has 0 unspecified atom stereocenters. The Balaban J connectivity index is 2.23. The first-order chi connectivity index (χ1) is 12.7. The van der Waals surface area contributed by atoms with Crippen LogP contribution in [-0.4, -0.2) is 35.0 Å². The predicted molar refractivity (Wildman–Crippen MR) is 106 cm³/mol. The first kappa shape index (κ1) is 21.1. The van der Waals surface area contributed by atoms with E-state index in [0.717, 1.165) is 0 Å². The summed E-state index contributed by atoms with van der Waals surface area (Å²) in [6.45, 7) is 5.73. The van der Waals surface area contributed by atoms with Crippen LogP contribution in [0.1, 0.15) is 32.8 Å². The molecular formula is C19H20Cl2N2O4. The van der Waals surface area contributed by atoms with Crippen molar-refractivity contribution in [2.24, 2.45) is 15.9 Å². The molecule has 0 amide bonds. The maximum Gasteiger partial charge on any atom is 0.349 e. The summed E-state index contributed by atoms with van der Waals surface area (Å²) in [6.07, 6.45) is 1.92. The molecule has 0 fully saturated rings. The van der Waals surface area contributed by atoms with Crippen molar-refractivity contribution in [2.45, 2.75) is 33.7 Å². The fraction of sp³-hybridized carbons (Fsp3) is 0.368. The number of hydrogen-bond donors (Lipinski definition) is 1. The van der Waals surface area contributed by atoms with Crippen LogP contribution in [0.25, 0.3) is 0 Å². The molecule has 1 aromatic carbocycles. The van der Waals surface area contributed by atoms with Gasteiger partial charge in [0.15, 0.2) is 11.5 Å². The highest BCUT2D eigenvalue weighted by Crippen LogP contribution is 2.35. The molecule has 1 aliphatic rings. The Morgan fingerprint density at radius 3 is 2.48 bits per heavy atom. The van der Waals surface area contributed by atoms with Crippen LogP contribution in [0.4, 0.5) is 0 Å². The molecule has 1 heterocycles. The molecule has 0 saturated carbocycles. The van der Waals surface area contributed by atoms with E-state index in [1.165, 1.54) is 0 Å². The van der Waals surface area contributed by atoms with Crippen molar-refractivity contribution in [3.05, 3.63) is 39.4 Å². The lowest BCUT2D eigenvalue weighted by Crippen LogP contribution is -2.22. The normalized spacial score (nSPS) is 14.9. The maximum atomic E-state index is 11.9. The van der Waals surface area contributed by atoms with E-state index in [4.69, 9.17) is 33.0 Å². The fourth-order valence-electron chi connectivity index (χ4n) is 2.47. The van der Waals surface area contributed by atoms with Gasteiger partial charge >= 0.3 is 5.97 Å². The first-order valence-corrected chi connectivity index (χ1v) is 9.20. The molecular weight excluding hydrogens is 391 g/mol. The van der Waals surface area contributed by atoms with Crippen LogP contribution in [-0.2, 0) is 16.1 Å². The lowest BCUT2D eigenvalue weighted by Gasteiger charge is -2.17. The van der Waals surface area contributed by atoms with Gasteiger partial charge in [0.05, 0.1) is 16.6 Å². The molecule has 0 radical (unpaired) electrons. The SMILES string of the molecule is CCC(=NCc1cc(Cl)c(OC2=NCC(=O)C(C(C)C)=C2)c(Cl)c1)C(=O)O. The van der Waals surface area contributed by atoms with Gasteiger partial charge in [-0.15, -0.1) is 0 Å². The Bertz CT molecular complexity index is 834. The zero-order valence-electron chi connectivity index (χ0n) is 15.3. The number of dihydropyridines is 1. The minimum Gasteiger partial charge on any atom is -0.477 e. The quantitative estimate of drug-likeness (QED) is 0.704. The van der Waals surface area contributed by atoms with Gasteiger partial charge in [0.2, 0.25) is 5.90 Å². The highest BCUT2D eigenvalue weighted by molar-refractivity contribution is 6.37. The number of ether oxygens (including phenoxy) is 1. The number of carbonyl (C=O) groups is 2. The van der Waals surface area contributed by atoms with Crippen molar-refractivity contribution in [3.8, 4) is 5.75 Å². The molecule has 1 aliphatic heterocycles. The van der Waals surface area contributed by atoms with Crippen LogP contribution in [0.2, 0.25) is 10.0 Å². The van der Waals surface area contributed by atoms with E-state index in [-0.39, 0.29) is 52.2 Å². The minimum atomic E-state index is -1.05. The Labute approximate surface area is 167 Å². The van der Waals surface area contributed by atoms with Crippen LogP contribution in [0, 0.1) is 5.92 Å². The van der Waals surface area contributed by atoms with Gasteiger partial charge in [-0.25, -0.2) is 9.79 Å². The Morgan fingerprint density at radius 2 is 1.96 bits per heavy atom. The molecule has 0 saturated heterocycles. The van der Waals surface area contributed by atoms with E-state index >= 15 is 0 Å². The molecule has 0 aromatic heterocycles. The molecule has 0 spiro atoms. The van der Waals surface area contributed by atoms with E-state index in [9.17, 15) is 9.59 Å². The summed E-state index contributed by atoms with van der Waals surface area (Å²) in [5, 5.41) is 9.52. The van der Waals surface area contributed by atoms with Crippen molar-refractivity contribution in [1.82, 2.24) is 0 Å². The second kappa shape index (κ2) is 9.15. The average Bonchev–Trinajstić information content (AvgIpc) is 2.59. The largest absolute Gasteiger partial charge is 0.477 e. The summed E-state index contributed by atoms with van der Waals surface area (Å²) in [5.74, 6) is -0.528. The number of aliphatic imine (C=N–C) groups is 2. The first-order valence-electron chi connectivity index (χ1n) is 8.44. The molecule has 1 N–H and O–H groups in total. The molecule has 0 aliphatic carbocycles. The van der Waals surface area contributed by atoms with Crippen LogP contribution < -0.4 is 4.74 Å². The molecule has 1 aromatic rings. The number of rotatable bonds is 6.